The molecule has 1 fully saturated rings. The van der Waals surface area contributed by atoms with Gasteiger partial charge in [-0.25, -0.2) is 5.01 Å². The molecular weight excluding hydrogens is 348 g/mol. The van der Waals surface area contributed by atoms with Crippen LogP contribution in [0.25, 0.3) is 0 Å². The third-order valence-electron chi connectivity index (χ3n) is 3.44. The van der Waals surface area contributed by atoms with E-state index in [2.05, 4.69) is 11.0 Å². The van der Waals surface area contributed by atoms with Gasteiger partial charge in [-0.15, -0.1) is 10.7 Å². The Kier molecular flexibility index (Phi) is 4.52. The molecule has 2 aromatic rings. The highest BCUT2D eigenvalue weighted by Crippen LogP contribution is 2.25. The molecule has 0 aliphatic carbocycles. The van der Waals surface area contributed by atoms with Crippen molar-refractivity contribution in [3.05, 3.63) is 74.3 Å². The second-order valence-electron chi connectivity index (χ2n) is 5.12. The zero-order valence-electron chi connectivity index (χ0n) is 12.7. The van der Waals surface area contributed by atoms with Crippen molar-refractivity contribution in [2.45, 2.75) is 6.54 Å². The first kappa shape index (κ1) is 16.7. The van der Waals surface area contributed by atoms with Crippen LogP contribution in [0, 0.1) is 20.2 Å². The molecule has 25 heavy (non-hydrogen) atoms. The van der Waals surface area contributed by atoms with E-state index < -0.39 is 9.85 Å². The predicted molar refractivity (Wildman–Crippen MR) is 93.1 cm³/mol. The predicted octanol–water partition coefficient (Wildman–Crippen LogP) is 2.03. The molecule has 10 nitrogen and oxygen atoms in total. The number of para-hydroxylation sites is 1. The third-order valence-corrected chi connectivity index (χ3v) is 3.72. The minimum atomic E-state index is -0.661. The number of anilines is 1. The van der Waals surface area contributed by atoms with Crippen molar-refractivity contribution in [3.63, 3.8) is 0 Å². The molecule has 1 aliphatic heterocycles. The third kappa shape index (κ3) is 3.52. The average molecular weight is 360 g/mol. The van der Waals surface area contributed by atoms with Gasteiger partial charge in [-0.2, -0.15) is 0 Å². The van der Waals surface area contributed by atoms with Crippen molar-refractivity contribution in [2.24, 2.45) is 0 Å². The molecule has 11 heteroatoms. The molecule has 2 N–H and O–H groups in total. The Labute approximate surface area is 146 Å². The topological polar surface area (TPSA) is 117 Å². The second-order valence-corrected chi connectivity index (χ2v) is 5.51. The van der Waals surface area contributed by atoms with Gasteiger partial charge in [-0.05, 0) is 29.9 Å². The van der Waals surface area contributed by atoms with Crippen LogP contribution < -0.4 is 16.0 Å². The molecule has 2 aromatic carbocycles. The minimum absolute atomic E-state index is 0.116. The molecule has 0 radical (unpaired) electrons. The first-order valence-electron chi connectivity index (χ1n) is 7.06. The van der Waals surface area contributed by atoms with Crippen molar-refractivity contribution >= 4 is 34.4 Å². The van der Waals surface area contributed by atoms with Gasteiger partial charge in [0, 0.05) is 12.1 Å². The number of hydrazine groups is 3. The summed E-state index contributed by atoms with van der Waals surface area (Å²) in [5, 5.41) is 25.6. The van der Waals surface area contributed by atoms with E-state index in [4.69, 9.17) is 12.2 Å². The monoisotopic (exact) mass is 360 g/mol. The molecule has 0 aromatic heterocycles. The van der Waals surface area contributed by atoms with Gasteiger partial charge in [0.15, 0.2) is 0 Å². The summed E-state index contributed by atoms with van der Waals surface area (Å²) in [6.45, 7) is 0.116. The molecule has 3 rings (SSSR count). The van der Waals surface area contributed by atoms with Gasteiger partial charge in [-0.1, -0.05) is 18.2 Å². The molecule has 1 aliphatic rings. The SMILES string of the molecule is O=[N+]([O-])c1cc(CN2NNC(=S)N2c2ccccc2)cc([N+](=O)[O-])c1. The van der Waals surface area contributed by atoms with E-state index in [-0.39, 0.29) is 17.9 Å². The van der Waals surface area contributed by atoms with E-state index in [1.165, 1.54) is 12.1 Å². The number of thiocarbonyl (C=S) groups is 1. The molecule has 0 unspecified atom stereocenters. The van der Waals surface area contributed by atoms with Gasteiger partial charge in [0.05, 0.1) is 28.1 Å². The highest BCUT2D eigenvalue weighted by molar-refractivity contribution is 7.80. The summed E-state index contributed by atoms with van der Waals surface area (Å²) in [5.41, 5.74) is 6.08. The van der Waals surface area contributed by atoms with Gasteiger partial charge >= 0.3 is 0 Å². The van der Waals surface area contributed by atoms with Gasteiger partial charge in [0.2, 0.25) is 5.11 Å². The molecule has 0 amide bonds. The summed E-state index contributed by atoms with van der Waals surface area (Å²) in [5.74, 6) is 0. The molecule has 1 heterocycles. The Bertz CT molecular complexity index is 814. The maximum Gasteiger partial charge on any atom is 0.276 e. The lowest BCUT2D eigenvalue weighted by atomic mass is 10.1. The summed E-state index contributed by atoms with van der Waals surface area (Å²) in [6, 6.07) is 12.7. The van der Waals surface area contributed by atoms with Crippen LogP contribution >= 0.6 is 12.2 Å². The van der Waals surface area contributed by atoms with Crippen LogP contribution in [0.5, 0.6) is 0 Å². The Morgan fingerprint density at radius 3 is 2.16 bits per heavy atom. The molecule has 0 atom stereocenters. The Hall–Kier alpha value is -3.15. The number of nitrogens with one attached hydrogen (secondary N) is 2. The summed E-state index contributed by atoms with van der Waals surface area (Å²) < 4.78 is 0. The van der Waals surface area contributed by atoms with E-state index in [1.807, 2.05) is 30.3 Å². The fourth-order valence-corrected chi connectivity index (χ4v) is 2.64. The normalized spacial score (nSPS) is 14.4. The Morgan fingerprint density at radius 1 is 1.00 bits per heavy atom. The molecule has 0 bridgehead atoms. The lowest BCUT2D eigenvalue weighted by Gasteiger charge is -2.26. The smallest absolute Gasteiger partial charge is 0.276 e. The van der Waals surface area contributed by atoms with Crippen LogP contribution in [0.1, 0.15) is 5.56 Å². The second kappa shape index (κ2) is 6.76. The maximum atomic E-state index is 11.0. The largest absolute Gasteiger partial charge is 0.281 e. The van der Waals surface area contributed by atoms with Crippen LogP contribution in [-0.2, 0) is 6.54 Å². The highest BCUT2D eigenvalue weighted by atomic mass is 32.1. The lowest BCUT2D eigenvalue weighted by Crippen LogP contribution is -2.42. The van der Waals surface area contributed by atoms with E-state index >= 15 is 0 Å². The van der Waals surface area contributed by atoms with Crippen molar-refractivity contribution in [2.75, 3.05) is 5.01 Å². The number of hydrogen-bond donors (Lipinski definition) is 2. The van der Waals surface area contributed by atoms with Crippen molar-refractivity contribution in [1.82, 2.24) is 16.1 Å². The van der Waals surface area contributed by atoms with Crippen LogP contribution in [-0.4, -0.2) is 20.1 Å². The van der Waals surface area contributed by atoms with Crippen LogP contribution in [0.15, 0.2) is 48.5 Å². The van der Waals surface area contributed by atoms with Crippen molar-refractivity contribution in [3.8, 4) is 0 Å². The van der Waals surface area contributed by atoms with Crippen LogP contribution in [0.4, 0.5) is 17.1 Å². The van der Waals surface area contributed by atoms with E-state index in [0.717, 1.165) is 11.8 Å². The van der Waals surface area contributed by atoms with E-state index in [0.29, 0.717) is 10.7 Å². The van der Waals surface area contributed by atoms with Gasteiger partial charge in [0.25, 0.3) is 11.4 Å². The first-order valence-corrected chi connectivity index (χ1v) is 7.47. The number of rotatable bonds is 5. The van der Waals surface area contributed by atoms with Crippen LogP contribution in [0.3, 0.4) is 0 Å². The van der Waals surface area contributed by atoms with Gasteiger partial charge in [-0.3, -0.25) is 25.7 Å². The quantitative estimate of drug-likeness (QED) is 0.469. The standard InChI is InChI=1S/C14H12N6O4S/c21-19(22)12-6-10(7-13(8-12)20(23)24)9-17-16-15-14(25)18(17)11-4-2-1-3-5-11/h1-8,16H,9H2,(H,15,25). The molecule has 0 spiro atoms. The fraction of sp³-hybridized carbons (Fsp3) is 0.0714. The number of non-ortho nitro benzene ring substituents is 2. The van der Waals surface area contributed by atoms with Gasteiger partial charge < -0.3 is 0 Å². The number of nitro benzene ring substituents is 2. The zero-order chi connectivity index (χ0) is 18.0. The Balaban J connectivity index is 1.92. The summed E-state index contributed by atoms with van der Waals surface area (Å²) in [6.07, 6.45) is 0. The van der Waals surface area contributed by atoms with Crippen molar-refractivity contribution < 1.29 is 9.85 Å². The van der Waals surface area contributed by atoms with Gasteiger partial charge in [0.1, 0.15) is 0 Å². The summed E-state index contributed by atoms with van der Waals surface area (Å²) >= 11 is 5.24. The zero-order valence-corrected chi connectivity index (χ0v) is 13.5. The number of hydrogen-bond acceptors (Lipinski definition) is 7. The molecule has 128 valence electrons. The van der Waals surface area contributed by atoms with Crippen LogP contribution in [0.2, 0.25) is 0 Å². The number of nitro groups is 2. The maximum absolute atomic E-state index is 11.0. The fourth-order valence-electron chi connectivity index (χ4n) is 2.39. The molecule has 0 saturated carbocycles. The van der Waals surface area contributed by atoms with E-state index in [9.17, 15) is 20.2 Å². The Morgan fingerprint density at radius 2 is 1.60 bits per heavy atom. The first-order chi connectivity index (χ1) is 12.0. The van der Waals surface area contributed by atoms with E-state index in [1.54, 1.807) is 10.1 Å². The van der Waals surface area contributed by atoms with Crippen molar-refractivity contribution in [1.29, 1.82) is 0 Å². The summed E-state index contributed by atoms with van der Waals surface area (Å²) in [7, 11) is 0. The number of benzene rings is 2. The summed E-state index contributed by atoms with van der Waals surface area (Å²) in [4.78, 5) is 20.7. The molecule has 1 saturated heterocycles. The highest BCUT2D eigenvalue weighted by Gasteiger charge is 2.28. The number of nitrogens with zero attached hydrogens (tertiary/aromatic N) is 4. The minimum Gasteiger partial charge on any atom is -0.281 e. The molecular formula is C14H12N6O4S. The average Bonchev–Trinajstić information content (AvgIpc) is 2.95. The lowest BCUT2D eigenvalue weighted by molar-refractivity contribution is -0.394.